The highest BCUT2D eigenvalue weighted by atomic mass is 16.4. The Morgan fingerprint density at radius 3 is 2.36 bits per heavy atom. The first kappa shape index (κ1) is 17.0. The van der Waals surface area contributed by atoms with Gasteiger partial charge < -0.3 is 10.0 Å². The zero-order valence-corrected chi connectivity index (χ0v) is 13.5. The summed E-state index contributed by atoms with van der Waals surface area (Å²) in [5.41, 5.74) is 0. The second-order valence-electron chi connectivity index (χ2n) is 6.93. The van der Waals surface area contributed by atoms with Crippen molar-refractivity contribution in [3.8, 4) is 0 Å². The molecule has 2 aliphatic carbocycles. The van der Waals surface area contributed by atoms with Crippen LogP contribution in [-0.2, 0) is 9.59 Å². The zero-order chi connectivity index (χ0) is 15.9. The molecule has 124 valence electrons. The number of nitrogens with zero attached hydrogens (tertiary/aromatic N) is 1. The summed E-state index contributed by atoms with van der Waals surface area (Å²) in [4.78, 5) is 25.9. The minimum Gasteiger partial charge on any atom is -0.481 e. The highest BCUT2D eigenvalue weighted by Crippen LogP contribution is 2.31. The predicted molar refractivity (Wildman–Crippen MR) is 86.4 cm³/mol. The van der Waals surface area contributed by atoms with Crippen molar-refractivity contribution < 1.29 is 14.7 Å². The number of carbonyl (C=O) groups excluding carboxylic acids is 1. The molecule has 1 amide bonds. The van der Waals surface area contributed by atoms with E-state index < -0.39 is 5.97 Å². The van der Waals surface area contributed by atoms with Crippen molar-refractivity contribution in [2.24, 2.45) is 17.8 Å². The van der Waals surface area contributed by atoms with E-state index in [9.17, 15) is 14.7 Å². The first-order valence-electron chi connectivity index (χ1n) is 8.74. The first-order chi connectivity index (χ1) is 10.6. The van der Waals surface area contributed by atoms with Crippen LogP contribution < -0.4 is 0 Å². The smallest absolute Gasteiger partial charge is 0.306 e. The van der Waals surface area contributed by atoms with Crippen LogP contribution in [0.15, 0.2) is 12.7 Å². The Morgan fingerprint density at radius 1 is 1.05 bits per heavy atom. The van der Waals surface area contributed by atoms with Crippen molar-refractivity contribution in [2.75, 3.05) is 13.1 Å². The van der Waals surface area contributed by atoms with Crippen LogP contribution in [0.4, 0.5) is 0 Å². The molecule has 2 saturated carbocycles. The maximum atomic E-state index is 12.8. The standard InChI is InChI=1S/C18H29NO3/c1-2-11-19(13-14-7-4-3-5-8-14)17(20)15-9-6-10-16(12-15)18(21)22/h2,14-16H,1,3-13H2,(H,21,22). The third-order valence-electron chi connectivity index (χ3n) is 5.24. The van der Waals surface area contributed by atoms with E-state index in [1.807, 2.05) is 4.90 Å². The molecular weight excluding hydrogens is 278 g/mol. The average molecular weight is 307 g/mol. The summed E-state index contributed by atoms with van der Waals surface area (Å²) in [6.45, 7) is 5.18. The Balaban J connectivity index is 1.95. The number of hydrogen-bond acceptors (Lipinski definition) is 2. The number of rotatable bonds is 6. The lowest BCUT2D eigenvalue weighted by atomic mass is 9.80. The molecular formula is C18H29NO3. The lowest BCUT2D eigenvalue weighted by molar-refractivity contribution is -0.145. The van der Waals surface area contributed by atoms with Gasteiger partial charge in [-0.3, -0.25) is 9.59 Å². The second kappa shape index (κ2) is 8.35. The van der Waals surface area contributed by atoms with Crippen molar-refractivity contribution in [1.82, 2.24) is 4.90 Å². The molecule has 0 bridgehead atoms. The molecule has 1 N–H and O–H groups in total. The maximum absolute atomic E-state index is 12.8. The van der Waals surface area contributed by atoms with E-state index in [4.69, 9.17) is 0 Å². The summed E-state index contributed by atoms with van der Waals surface area (Å²) in [6.07, 6.45) is 11.0. The molecule has 0 radical (unpaired) electrons. The summed E-state index contributed by atoms with van der Waals surface area (Å²) >= 11 is 0. The topological polar surface area (TPSA) is 57.6 Å². The summed E-state index contributed by atoms with van der Waals surface area (Å²) in [7, 11) is 0. The van der Waals surface area contributed by atoms with Crippen molar-refractivity contribution in [3.05, 3.63) is 12.7 Å². The van der Waals surface area contributed by atoms with Gasteiger partial charge in [0.05, 0.1) is 5.92 Å². The SMILES string of the molecule is C=CCN(CC1CCCCC1)C(=O)C1CCCC(C(=O)O)C1. The van der Waals surface area contributed by atoms with Gasteiger partial charge in [-0.15, -0.1) is 6.58 Å². The zero-order valence-electron chi connectivity index (χ0n) is 13.5. The first-order valence-corrected chi connectivity index (χ1v) is 8.74. The minimum atomic E-state index is -0.750. The number of aliphatic carboxylic acids is 1. The highest BCUT2D eigenvalue weighted by molar-refractivity contribution is 5.80. The van der Waals surface area contributed by atoms with Crippen LogP contribution in [-0.4, -0.2) is 35.0 Å². The van der Waals surface area contributed by atoms with Gasteiger partial charge in [0.2, 0.25) is 5.91 Å². The third kappa shape index (κ3) is 4.59. The average Bonchev–Trinajstić information content (AvgIpc) is 2.55. The van der Waals surface area contributed by atoms with Crippen molar-refractivity contribution >= 4 is 11.9 Å². The molecule has 2 aliphatic rings. The van der Waals surface area contributed by atoms with Crippen molar-refractivity contribution in [1.29, 1.82) is 0 Å². The Morgan fingerprint density at radius 2 is 1.73 bits per heavy atom. The molecule has 0 aromatic carbocycles. The molecule has 2 rings (SSSR count). The lowest BCUT2D eigenvalue weighted by Gasteiger charge is -2.34. The van der Waals surface area contributed by atoms with E-state index in [0.29, 0.717) is 25.3 Å². The number of carboxylic acid groups (broad SMARTS) is 1. The van der Waals surface area contributed by atoms with Crippen LogP contribution in [0.2, 0.25) is 0 Å². The molecule has 22 heavy (non-hydrogen) atoms. The van der Waals surface area contributed by atoms with Crippen molar-refractivity contribution in [3.63, 3.8) is 0 Å². The van der Waals surface area contributed by atoms with E-state index in [-0.39, 0.29) is 17.7 Å². The summed E-state index contributed by atoms with van der Waals surface area (Å²) in [6, 6.07) is 0. The monoisotopic (exact) mass is 307 g/mol. The van der Waals surface area contributed by atoms with Crippen LogP contribution >= 0.6 is 0 Å². The fourth-order valence-corrected chi connectivity index (χ4v) is 3.99. The number of carbonyl (C=O) groups is 2. The van der Waals surface area contributed by atoms with Crippen LogP contribution in [0, 0.1) is 17.8 Å². The molecule has 0 aromatic rings. The van der Waals surface area contributed by atoms with Crippen LogP contribution in [0.1, 0.15) is 57.8 Å². The minimum absolute atomic E-state index is 0.113. The largest absolute Gasteiger partial charge is 0.481 e. The van der Waals surface area contributed by atoms with E-state index in [0.717, 1.165) is 19.4 Å². The van der Waals surface area contributed by atoms with Gasteiger partial charge in [-0.1, -0.05) is 31.8 Å². The fraction of sp³-hybridized carbons (Fsp3) is 0.778. The molecule has 4 heteroatoms. The predicted octanol–water partition coefficient (Wildman–Crippen LogP) is 3.47. The molecule has 2 unspecified atom stereocenters. The Labute approximate surface area is 133 Å². The van der Waals surface area contributed by atoms with Gasteiger partial charge in [-0.25, -0.2) is 0 Å². The van der Waals surface area contributed by atoms with Crippen LogP contribution in [0.3, 0.4) is 0 Å². The molecule has 0 saturated heterocycles. The van der Waals surface area contributed by atoms with Crippen LogP contribution in [0.25, 0.3) is 0 Å². The lowest BCUT2D eigenvalue weighted by Crippen LogP contribution is -2.42. The third-order valence-corrected chi connectivity index (χ3v) is 5.24. The van der Waals surface area contributed by atoms with Crippen molar-refractivity contribution in [2.45, 2.75) is 57.8 Å². The Bertz CT molecular complexity index is 401. The molecule has 2 fully saturated rings. The second-order valence-corrected chi connectivity index (χ2v) is 6.93. The summed E-state index contributed by atoms with van der Waals surface area (Å²) < 4.78 is 0. The molecule has 4 nitrogen and oxygen atoms in total. The van der Waals surface area contributed by atoms with E-state index in [2.05, 4.69) is 6.58 Å². The highest BCUT2D eigenvalue weighted by Gasteiger charge is 2.33. The molecule has 0 aliphatic heterocycles. The molecule has 0 aromatic heterocycles. The molecule has 0 heterocycles. The summed E-state index contributed by atoms with van der Waals surface area (Å²) in [5, 5.41) is 9.20. The van der Waals surface area contributed by atoms with Gasteiger partial charge in [-0.05, 0) is 38.0 Å². The molecule has 2 atom stereocenters. The number of hydrogen-bond donors (Lipinski definition) is 1. The van der Waals surface area contributed by atoms with E-state index >= 15 is 0 Å². The Hall–Kier alpha value is -1.32. The fourth-order valence-electron chi connectivity index (χ4n) is 3.99. The van der Waals surface area contributed by atoms with E-state index in [1.54, 1.807) is 6.08 Å². The van der Waals surface area contributed by atoms with Gasteiger partial charge in [-0.2, -0.15) is 0 Å². The van der Waals surface area contributed by atoms with Gasteiger partial charge >= 0.3 is 5.97 Å². The normalized spacial score (nSPS) is 26.4. The number of carboxylic acids is 1. The Kier molecular flexibility index (Phi) is 6.47. The van der Waals surface area contributed by atoms with Gasteiger partial charge in [0, 0.05) is 19.0 Å². The maximum Gasteiger partial charge on any atom is 0.306 e. The van der Waals surface area contributed by atoms with Gasteiger partial charge in [0.15, 0.2) is 0 Å². The van der Waals surface area contributed by atoms with Gasteiger partial charge in [0.1, 0.15) is 0 Å². The molecule has 0 spiro atoms. The van der Waals surface area contributed by atoms with Crippen LogP contribution in [0.5, 0.6) is 0 Å². The quantitative estimate of drug-likeness (QED) is 0.764. The van der Waals surface area contributed by atoms with Gasteiger partial charge in [0.25, 0.3) is 0 Å². The summed E-state index contributed by atoms with van der Waals surface area (Å²) in [5.74, 6) is -0.450. The number of amides is 1. The van der Waals surface area contributed by atoms with E-state index in [1.165, 1.54) is 32.1 Å².